The summed E-state index contributed by atoms with van der Waals surface area (Å²) in [4.78, 5) is 11.3. The number of hydrogen-bond donors (Lipinski definition) is 2. The molecule has 120 valence electrons. The average molecular weight is 390 g/mol. The lowest BCUT2D eigenvalue weighted by atomic mass is 10.2. The Morgan fingerprint density at radius 2 is 2.23 bits per heavy atom. The highest BCUT2D eigenvalue weighted by atomic mass is 79.9. The van der Waals surface area contributed by atoms with E-state index in [9.17, 15) is 4.79 Å². The van der Waals surface area contributed by atoms with Crippen molar-refractivity contribution >= 4 is 45.4 Å². The smallest absolute Gasteiger partial charge is 0.344 e. The lowest BCUT2D eigenvalue weighted by Gasteiger charge is -2.12. The summed E-state index contributed by atoms with van der Waals surface area (Å²) in [6.45, 7) is 1.83. The van der Waals surface area contributed by atoms with Crippen LogP contribution in [0.5, 0.6) is 11.5 Å². The molecule has 0 amide bonds. The van der Waals surface area contributed by atoms with Crippen LogP contribution in [-0.4, -0.2) is 37.6 Å². The predicted molar refractivity (Wildman–Crippen MR) is 90.3 cm³/mol. The van der Waals surface area contributed by atoms with Crippen molar-refractivity contribution in [3.63, 3.8) is 0 Å². The molecule has 0 bridgehead atoms. The lowest BCUT2D eigenvalue weighted by Crippen LogP contribution is -2.24. The van der Waals surface area contributed by atoms with Crippen LogP contribution in [0.2, 0.25) is 0 Å². The SMILES string of the molecule is CCOC(=O)COc1cc(Br)c(/C=N\NC(N)=S)cc1OC. The lowest BCUT2D eigenvalue weighted by molar-refractivity contribution is -0.145. The molecule has 1 aromatic carbocycles. The summed E-state index contributed by atoms with van der Waals surface area (Å²) in [6, 6.07) is 3.36. The third-order valence-corrected chi connectivity index (χ3v) is 3.09. The van der Waals surface area contributed by atoms with Gasteiger partial charge in [0, 0.05) is 10.0 Å². The fourth-order valence-corrected chi connectivity index (χ4v) is 1.90. The maximum atomic E-state index is 11.3. The van der Waals surface area contributed by atoms with Gasteiger partial charge in [0.25, 0.3) is 0 Å². The van der Waals surface area contributed by atoms with E-state index in [0.29, 0.717) is 28.1 Å². The zero-order valence-corrected chi connectivity index (χ0v) is 14.5. The molecule has 0 heterocycles. The molecule has 0 spiro atoms. The minimum absolute atomic E-state index is 0.0636. The first-order chi connectivity index (χ1) is 10.5. The highest BCUT2D eigenvalue weighted by Crippen LogP contribution is 2.32. The molecule has 0 aliphatic heterocycles. The third kappa shape index (κ3) is 5.86. The van der Waals surface area contributed by atoms with Gasteiger partial charge in [-0.05, 0) is 47.2 Å². The normalized spacial score (nSPS) is 10.3. The van der Waals surface area contributed by atoms with Crippen molar-refractivity contribution in [3.05, 3.63) is 22.2 Å². The Labute approximate surface area is 141 Å². The number of methoxy groups -OCH3 is 1. The van der Waals surface area contributed by atoms with Crippen LogP contribution in [0, 0.1) is 0 Å². The molecule has 0 aromatic heterocycles. The van der Waals surface area contributed by atoms with Crippen LogP contribution in [0.4, 0.5) is 0 Å². The molecule has 9 heteroatoms. The Balaban J connectivity index is 2.87. The maximum Gasteiger partial charge on any atom is 0.344 e. The molecule has 0 saturated carbocycles. The fourth-order valence-electron chi connectivity index (χ4n) is 1.43. The molecule has 0 fully saturated rings. The molecule has 0 saturated heterocycles. The molecule has 0 radical (unpaired) electrons. The van der Waals surface area contributed by atoms with E-state index in [-0.39, 0.29) is 11.7 Å². The standard InChI is InChI=1S/C13H16BrN3O4S/c1-3-20-12(18)7-21-11-5-9(14)8(4-10(11)19-2)6-16-17-13(15)22/h4-6H,3,7H2,1-2H3,(H3,15,17,22)/b16-6-. The first-order valence-corrected chi connectivity index (χ1v) is 7.42. The molecule has 0 unspecified atom stereocenters. The number of esters is 1. The van der Waals surface area contributed by atoms with Crippen molar-refractivity contribution in [3.8, 4) is 11.5 Å². The van der Waals surface area contributed by atoms with Crippen molar-refractivity contribution in [1.82, 2.24) is 5.43 Å². The van der Waals surface area contributed by atoms with E-state index in [1.165, 1.54) is 13.3 Å². The third-order valence-electron chi connectivity index (χ3n) is 2.31. The van der Waals surface area contributed by atoms with Crippen LogP contribution in [0.1, 0.15) is 12.5 Å². The van der Waals surface area contributed by atoms with E-state index in [4.69, 9.17) is 19.9 Å². The first kappa shape index (κ1) is 18.2. The predicted octanol–water partition coefficient (Wildman–Crippen LogP) is 1.57. The van der Waals surface area contributed by atoms with Crippen molar-refractivity contribution in [2.24, 2.45) is 10.8 Å². The summed E-state index contributed by atoms with van der Waals surface area (Å²) in [5.41, 5.74) is 8.44. The van der Waals surface area contributed by atoms with Gasteiger partial charge in [-0.25, -0.2) is 4.79 Å². The molecular formula is C13H16BrN3O4S. The summed E-state index contributed by atoms with van der Waals surface area (Å²) < 4.78 is 16.1. The first-order valence-electron chi connectivity index (χ1n) is 6.22. The molecular weight excluding hydrogens is 374 g/mol. The topological polar surface area (TPSA) is 95.2 Å². The summed E-state index contributed by atoms with van der Waals surface area (Å²) in [5, 5.41) is 3.93. The van der Waals surface area contributed by atoms with Crippen LogP contribution in [-0.2, 0) is 9.53 Å². The van der Waals surface area contributed by atoms with Gasteiger partial charge in [0.05, 0.1) is 19.9 Å². The Bertz CT molecular complexity index is 581. The van der Waals surface area contributed by atoms with E-state index in [0.717, 1.165) is 0 Å². The highest BCUT2D eigenvalue weighted by molar-refractivity contribution is 9.10. The highest BCUT2D eigenvalue weighted by Gasteiger charge is 2.11. The maximum absolute atomic E-state index is 11.3. The Kier molecular flexibility index (Phi) is 7.61. The number of hydrazone groups is 1. The Hall–Kier alpha value is -1.87. The average Bonchev–Trinajstić information content (AvgIpc) is 2.46. The van der Waals surface area contributed by atoms with Crippen LogP contribution in [0.15, 0.2) is 21.7 Å². The summed E-state index contributed by atoms with van der Waals surface area (Å²) in [5.74, 6) is 0.401. The second-order valence-electron chi connectivity index (χ2n) is 3.85. The quantitative estimate of drug-likeness (QED) is 0.316. The van der Waals surface area contributed by atoms with Crippen LogP contribution >= 0.6 is 28.1 Å². The number of carbonyl (C=O) groups is 1. The summed E-state index contributed by atoms with van der Waals surface area (Å²) >= 11 is 8.03. The minimum atomic E-state index is -0.452. The van der Waals surface area contributed by atoms with Gasteiger partial charge in [0.2, 0.25) is 0 Å². The summed E-state index contributed by atoms with van der Waals surface area (Å²) in [7, 11) is 1.49. The van der Waals surface area contributed by atoms with Crippen molar-refractivity contribution in [2.45, 2.75) is 6.92 Å². The van der Waals surface area contributed by atoms with Gasteiger partial charge in [-0.3, -0.25) is 5.43 Å². The van der Waals surface area contributed by atoms with Crippen LogP contribution in [0.25, 0.3) is 0 Å². The van der Waals surface area contributed by atoms with E-state index < -0.39 is 5.97 Å². The van der Waals surface area contributed by atoms with Crippen molar-refractivity contribution in [1.29, 1.82) is 0 Å². The number of hydrogen-bond acceptors (Lipinski definition) is 6. The Morgan fingerprint density at radius 3 is 2.82 bits per heavy atom. The van der Waals surface area contributed by atoms with Crippen LogP contribution in [0.3, 0.4) is 0 Å². The number of halogens is 1. The fraction of sp³-hybridized carbons (Fsp3) is 0.308. The van der Waals surface area contributed by atoms with Gasteiger partial charge >= 0.3 is 5.97 Å². The number of nitrogens with zero attached hydrogens (tertiary/aromatic N) is 1. The molecule has 0 atom stereocenters. The second-order valence-corrected chi connectivity index (χ2v) is 5.15. The molecule has 3 N–H and O–H groups in total. The van der Waals surface area contributed by atoms with E-state index >= 15 is 0 Å². The number of carbonyl (C=O) groups excluding carboxylic acids is 1. The van der Waals surface area contributed by atoms with Crippen molar-refractivity contribution in [2.75, 3.05) is 20.3 Å². The van der Waals surface area contributed by atoms with E-state index in [1.54, 1.807) is 19.1 Å². The zero-order valence-electron chi connectivity index (χ0n) is 12.1. The Morgan fingerprint density at radius 1 is 1.50 bits per heavy atom. The molecule has 0 aliphatic rings. The molecule has 22 heavy (non-hydrogen) atoms. The van der Waals surface area contributed by atoms with Gasteiger partial charge in [0.15, 0.2) is 23.2 Å². The second kappa shape index (κ2) is 9.21. The minimum Gasteiger partial charge on any atom is -0.493 e. The monoisotopic (exact) mass is 389 g/mol. The molecule has 0 aliphatic carbocycles. The van der Waals surface area contributed by atoms with E-state index in [1.807, 2.05) is 0 Å². The van der Waals surface area contributed by atoms with Gasteiger partial charge in [-0.1, -0.05) is 0 Å². The number of rotatable bonds is 7. The van der Waals surface area contributed by atoms with Gasteiger partial charge in [-0.2, -0.15) is 5.10 Å². The van der Waals surface area contributed by atoms with Crippen molar-refractivity contribution < 1.29 is 19.0 Å². The van der Waals surface area contributed by atoms with Gasteiger partial charge < -0.3 is 19.9 Å². The van der Waals surface area contributed by atoms with Crippen LogP contribution < -0.4 is 20.6 Å². The largest absolute Gasteiger partial charge is 0.493 e. The number of nitrogens with two attached hydrogens (primary N) is 1. The number of benzene rings is 1. The number of ether oxygens (including phenoxy) is 3. The van der Waals surface area contributed by atoms with E-state index in [2.05, 4.69) is 38.7 Å². The molecule has 1 rings (SSSR count). The number of thiocarbonyl (C=S) groups is 1. The van der Waals surface area contributed by atoms with Gasteiger partial charge in [0.1, 0.15) is 0 Å². The molecule has 1 aromatic rings. The summed E-state index contributed by atoms with van der Waals surface area (Å²) in [6.07, 6.45) is 1.51. The number of nitrogens with one attached hydrogen (secondary N) is 1. The zero-order chi connectivity index (χ0) is 16.5. The van der Waals surface area contributed by atoms with Gasteiger partial charge in [-0.15, -0.1) is 0 Å². The molecule has 7 nitrogen and oxygen atoms in total.